The van der Waals surface area contributed by atoms with Crippen LogP contribution in [0, 0.1) is 0 Å². The molecule has 2 nitrogen and oxygen atoms in total. The first kappa shape index (κ1) is 19.4. The van der Waals surface area contributed by atoms with Gasteiger partial charge in [-0.15, -0.1) is 11.3 Å². The Balaban J connectivity index is 1.55. The van der Waals surface area contributed by atoms with E-state index in [0.717, 1.165) is 5.52 Å². The highest BCUT2D eigenvalue weighted by Gasteiger charge is 2.35. The van der Waals surface area contributed by atoms with Crippen LogP contribution in [0.15, 0.2) is 96.5 Å². The van der Waals surface area contributed by atoms with Crippen molar-refractivity contribution in [2.24, 2.45) is 0 Å². The lowest BCUT2D eigenvalue weighted by atomic mass is 9.82. The van der Waals surface area contributed by atoms with Crippen molar-refractivity contribution in [2.45, 2.75) is 19.3 Å². The van der Waals surface area contributed by atoms with Gasteiger partial charge in [0.05, 0.1) is 32.4 Å². The molecule has 0 atom stereocenters. The second-order valence-corrected chi connectivity index (χ2v) is 10.9. The Morgan fingerprint density at radius 3 is 2.51 bits per heavy atom. The zero-order valence-corrected chi connectivity index (χ0v) is 20.4. The summed E-state index contributed by atoms with van der Waals surface area (Å²) in [4.78, 5) is 4.58. The molecule has 0 N–H and O–H groups in total. The third-order valence-electron chi connectivity index (χ3n) is 7.93. The van der Waals surface area contributed by atoms with Crippen LogP contribution in [0.3, 0.4) is 0 Å². The van der Waals surface area contributed by atoms with Crippen LogP contribution in [0.4, 0.5) is 0 Å². The topological polar surface area (TPSA) is 17.8 Å². The minimum Gasteiger partial charge on any atom is -0.308 e. The predicted octanol–water partition coefficient (Wildman–Crippen LogP) is 8.85. The molecule has 7 aromatic rings. The van der Waals surface area contributed by atoms with E-state index in [1.54, 1.807) is 11.3 Å². The molecule has 0 aliphatic heterocycles. The van der Waals surface area contributed by atoms with Crippen molar-refractivity contribution < 1.29 is 0 Å². The Morgan fingerprint density at radius 2 is 1.57 bits per heavy atom. The molecule has 1 aliphatic rings. The Bertz CT molecular complexity index is 1990. The van der Waals surface area contributed by atoms with Gasteiger partial charge in [-0.25, -0.2) is 4.98 Å². The summed E-state index contributed by atoms with van der Waals surface area (Å²) in [7, 11) is 0. The summed E-state index contributed by atoms with van der Waals surface area (Å²) in [5, 5.41) is 5.24. The Hall–Kier alpha value is -3.95. The molecular weight excluding hydrogens is 444 g/mol. The van der Waals surface area contributed by atoms with Crippen LogP contribution < -0.4 is 0 Å². The van der Waals surface area contributed by atoms with Gasteiger partial charge in [0.1, 0.15) is 0 Å². The van der Waals surface area contributed by atoms with Gasteiger partial charge in [-0.05, 0) is 69.4 Å². The number of para-hydroxylation sites is 1. The van der Waals surface area contributed by atoms with E-state index < -0.39 is 0 Å². The summed E-state index contributed by atoms with van der Waals surface area (Å²) in [6.45, 7) is 4.70. The van der Waals surface area contributed by atoms with Gasteiger partial charge in [-0.3, -0.25) is 0 Å². The molecule has 3 heteroatoms. The summed E-state index contributed by atoms with van der Waals surface area (Å²) in [5.41, 5.74) is 12.2. The number of hydrogen-bond donors (Lipinski definition) is 0. The predicted molar refractivity (Wildman–Crippen MR) is 149 cm³/mol. The van der Waals surface area contributed by atoms with Crippen LogP contribution in [-0.4, -0.2) is 9.55 Å². The van der Waals surface area contributed by atoms with Crippen LogP contribution in [-0.2, 0) is 5.41 Å². The van der Waals surface area contributed by atoms with Crippen molar-refractivity contribution in [2.75, 3.05) is 0 Å². The van der Waals surface area contributed by atoms with Crippen molar-refractivity contribution in [1.82, 2.24) is 9.55 Å². The van der Waals surface area contributed by atoms with Gasteiger partial charge < -0.3 is 4.57 Å². The third kappa shape index (κ3) is 2.41. The largest absolute Gasteiger partial charge is 0.308 e. The fourth-order valence-electron chi connectivity index (χ4n) is 6.29. The molecule has 8 rings (SSSR count). The Morgan fingerprint density at radius 1 is 0.714 bits per heavy atom. The van der Waals surface area contributed by atoms with Gasteiger partial charge in [0.2, 0.25) is 0 Å². The number of thiazole rings is 1. The number of benzene rings is 5. The summed E-state index contributed by atoms with van der Waals surface area (Å²) < 4.78 is 3.65. The average molecular weight is 467 g/mol. The van der Waals surface area contributed by atoms with Crippen LogP contribution >= 0.6 is 11.3 Å². The molecule has 0 radical (unpaired) electrons. The first-order valence-electron chi connectivity index (χ1n) is 12.1. The lowest BCUT2D eigenvalue weighted by molar-refractivity contribution is 0.661. The lowest BCUT2D eigenvalue weighted by Crippen LogP contribution is -2.14. The standard InChI is InChI=1S/C32H22N2S/c1-32(2)24-10-5-3-8-20(24)23-17-22-19(16-25(23)32)14-15-28-30(22)21-9-4-6-12-27(21)34(28)29-13-7-11-26-31(29)35-18-33-26/h3-18H,1-2H3. The summed E-state index contributed by atoms with van der Waals surface area (Å²) in [6, 6.07) is 33.6. The summed E-state index contributed by atoms with van der Waals surface area (Å²) in [6.07, 6.45) is 0. The normalized spacial score (nSPS) is 14.2. The van der Waals surface area contributed by atoms with E-state index in [9.17, 15) is 0 Å². The number of aromatic nitrogens is 2. The van der Waals surface area contributed by atoms with Gasteiger partial charge in [0.25, 0.3) is 0 Å². The van der Waals surface area contributed by atoms with E-state index in [4.69, 9.17) is 0 Å². The van der Waals surface area contributed by atoms with E-state index >= 15 is 0 Å². The molecule has 35 heavy (non-hydrogen) atoms. The first-order valence-corrected chi connectivity index (χ1v) is 12.9. The molecule has 0 spiro atoms. The van der Waals surface area contributed by atoms with E-state index in [0.29, 0.717) is 0 Å². The van der Waals surface area contributed by atoms with Gasteiger partial charge in [-0.2, -0.15) is 0 Å². The van der Waals surface area contributed by atoms with Crippen molar-refractivity contribution >= 4 is 54.1 Å². The molecule has 0 bridgehead atoms. The van der Waals surface area contributed by atoms with Crippen LogP contribution in [0.1, 0.15) is 25.0 Å². The fraction of sp³-hybridized carbons (Fsp3) is 0.0938. The molecule has 0 saturated heterocycles. The Labute approximate surface area is 207 Å². The second kappa shape index (κ2) is 6.59. The zero-order valence-electron chi connectivity index (χ0n) is 19.5. The highest BCUT2D eigenvalue weighted by atomic mass is 32.1. The van der Waals surface area contributed by atoms with Crippen molar-refractivity contribution in [3.05, 3.63) is 108 Å². The number of rotatable bonds is 1. The number of fused-ring (bicyclic) bond motifs is 9. The molecule has 2 heterocycles. The van der Waals surface area contributed by atoms with E-state index in [1.807, 2.05) is 5.51 Å². The van der Waals surface area contributed by atoms with Crippen molar-refractivity contribution in [3.8, 4) is 16.8 Å². The molecule has 0 fully saturated rings. The Kier molecular flexibility index (Phi) is 3.64. The highest BCUT2D eigenvalue weighted by Crippen LogP contribution is 2.51. The quantitative estimate of drug-likeness (QED) is 0.236. The van der Waals surface area contributed by atoms with E-state index in [-0.39, 0.29) is 5.41 Å². The molecule has 166 valence electrons. The molecule has 5 aromatic carbocycles. The molecular formula is C32H22N2S. The number of nitrogens with zero attached hydrogens (tertiary/aromatic N) is 2. The maximum absolute atomic E-state index is 4.58. The summed E-state index contributed by atoms with van der Waals surface area (Å²) in [5.74, 6) is 0. The van der Waals surface area contributed by atoms with E-state index in [1.165, 1.54) is 65.2 Å². The monoisotopic (exact) mass is 466 g/mol. The van der Waals surface area contributed by atoms with Crippen molar-refractivity contribution in [1.29, 1.82) is 0 Å². The molecule has 1 aliphatic carbocycles. The SMILES string of the molecule is CC1(C)c2ccccc2-c2cc3c(ccc4c3c3ccccc3n4-c3cccc4ncsc34)cc21. The van der Waals surface area contributed by atoms with E-state index in [2.05, 4.69) is 114 Å². The van der Waals surface area contributed by atoms with Gasteiger partial charge in [0, 0.05) is 16.2 Å². The fourth-order valence-corrected chi connectivity index (χ4v) is 7.09. The van der Waals surface area contributed by atoms with Gasteiger partial charge in [0.15, 0.2) is 0 Å². The zero-order chi connectivity index (χ0) is 23.3. The smallest absolute Gasteiger partial charge is 0.0833 e. The van der Waals surface area contributed by atoms with Gasteiger partial charge >= 0.3 is 0 Å². The highest BCUT2D eigenvalue weighted by molar-refractivity contribution is 7.17. The minimum absolute atomic E-state index is 0.00485. The molecule has 2 aromatic heterocycles. The van der Waals surface area contributed by atoms with Crippen LogP contribution in [0.25, 0.3) is 59.6 Å². The van der Waals surface area contributed by atoms with Crippen molar-refractivity contribution in [3.63, 3.8) is 0 Å². The van der Waals surface area contributed by atoms with Crippen LogP contribution in [0.5, 0.6) is 0 Å². The summed E-state index contributed by atoms with van der Waals surface area (Å²) >= 11 is 1.71. The first-order chi connectivity index (χ1) is 17.1. The van der Waals surface area contributed by atoms with Gasteiger partial charge in [-0.1, -0.05) is 68.4 Å². The average Bonchev–Trinajstić information content (AvgIpc) is 3.55. The maximum atomic E-state index is 4.58. The molecule has 0 amide bonds. The molecule has 0 unspecified atom stereocenters. The van der Waals surface area contributed by atoms with Crippen LogP contribution in [0.2, 0.25) is 0 Å². The third-order valence-corrected chi connectivity index (χ3v) is 8.80. The molecule has 0 saturated carbocycles. The lowest BCUT2D eigenvalue weighted by Gasteiger charge is -2.21. The second-order valence-electron chi connectivity index (χ2n) is 10.1. The number of hydrogen-bond acceptors (Lipinski definition) is 2. The maximum Gasteiger partial charge on any atom is 0.0833 e. The minimum atomic E-state index is 0.00485.